The number of nitrogens with one attached hydrogen (secondary N) is 4. The van der Waals surface area contributed by atoms with Crippen LogP contribution in [-0.2, 0) is 59.7 Å². The molecule has 5 aromatic heterocycles. The fraction of sp³-hybridized carbons (Fsp3) is 0.363. The summed E-state index contributed by atoms with van der Waals surface area (Å²) in [5.74, 6) is -1.02. The maximum Gasteiger partial charge on any atom is 0.257 e. The van der Waals surface area contributed by atoms with Gasteiger partial charge in [-0.25, -0.2) is 19.9 Å². The molecular formula is C113H121ClN20O12. The number of Topliss-reactive ketones (excluding diaryl/α,β-unsaturated/α-hetero) is 4. The van der Waals surface area contributed by atoms with Gasteiger partial charge in [-0.3, -0.25) is 83.8 Å². The number of ketones is 4. The number of primary amides is 3. The molecular weight excluding hydrogens is 1860 g/mol. The molecule has 8 aromatic carbocycles. The van der Waals surface area contributed by atoms with Gasteiger partial charge in [-0.2, -0.15) is 15.8 Å². The number of likely N-dealkylation sites (tertiary alicyclic amines) is 1. The van der Waals surface area contributed by atoms with Crippen LogP contribution in [0.3, 0.4) is 0 Å². The van der Waals surface area contributed by atoms with Gasteiger partial charge >= 0.3 is 0 Å². The van der Waals surface area contributed by atoms with Gasteiger partial charge in [0.15, 0.2) is 5.78 Å². The van der Waals surface area contributed by atoms with Crippen LogP contribution >= 0.6 is 11.6 Å². The molecule has 13 aromatic rings. The lowest BCUT2D eigenvalue weighted by atomic mass is 9.75. The number of rotatable bonds is 35. The molecule has 0 bridgehead atoms. The van der Waals surface area contributed by atoms with Crippen LogP contribution in [0.4, 0.5) is 23.8 Å². The van der Waals surface area contributed by atoms with Crippen LogP contribution in [0.2, 0.25) is 5.02 Å². The number of nitrogens with two attached hydrogens (primary N) is 3. The molecule has 1 saturated heterocycles. The molecule has 4 fully saturated rings. The Bertz CT molecular complexity index is 7130. The van der Waals surface area contributed by atoms with Crippen molar-refractivity contribution in [1.29, 1.82) is 15.8 Å². The van der Waals surface area contributed by atoms with Gasteiger partial charge in [-0.05, 0) is 244 Å². The maximum atomic E-state index is 13.5. The van der Waals surface area contributed by atoms with Crippen molar-refractivity contribution in [2.24, 2.45) is 40.9 Å². The van der Waals surface area contributed by atoms with E-state index in [4.69, 9.17) is 49.6 Å². The number of carbonyl (C=O) groups excluding carboxylic acids is 12. The van der Waals surface area contributed by atoms with E-state index in [0.29, 0.717) is 133 Å². The average Bonchev–Trinajstić information content (AvgIpc) is 1.67. The van der Waals surface area contributed by atoms with E-state index in [2.05, 4.69) is 55.1 Å². The van der Waals surface area contributed by atoms with E-state index in [-0.39, 0.29) is 116 Å². The van der Waals surface area contributed by atoms with Gasteiger partial charge in [0.25, 0.3) is 23.6 Å². The Morgan fingerprint density at radius 1 is 0.404 bits per heavy atom. The minimum atomic E-state index is -0.483. The van der Waals surface area contributed by atoms with Gasteiger partial charge < -0.3 is 40.4 Å². The van der Waals surface area contributed by atoms with Gasteiger partial charge in [-0.15, -0.1) is 0 Å². The minimum absolute atomic E-state index is 0.0584. The standard InChI is InChI=1S/C30H35ClN4O3.C29H33N5O3.C28H31N5O3.C26H22N6O3/c1-20(28(37)21-7-3-2-4-8-21)23-12-15-26-25(19-23)32-30(33-29(38)22-10-13-24(31)14-11-22)35(26)18-6-17-34-16-5-9-27(34)36;1-18(2)26(27(36)20-6-4-3-5-7-20)22-12-13-24-23(16-22)32-29(34(24)15-14-25(31)35)33-28(37)21-10-8-19(17-30)9-11-21;1-2-22(26(35)19-6-4-3-5-7-19)21-12-13-24-23(16-21)31-28(33(24)15-14-25(30)34)32-27(36)20-10-8-18(17-29)9-11-20;1-16(24(34)20-3-2-11-29-15-20)19-8-9-22-21(13-19)30-26(32(22)12-10-23(28)33)31-25(35)18-6-4-17(14-27)5-7-18/h10-15,19-21H,2-9,16-18H2,1H3,(H,32,33,38);8-13,16,18,20,26H,3-7,14-15H2,1-2H3,(H2,31,35)(H,32,33,37);8-13,16,19,22H,2-7,14-15H2,1H3,(H2,30,34)(H,31,32,36);2-9,11,13,15-16H,10,12H2,1H3,(H2,28,33)(H,30,31,35). The smallest absolute Gasteiger partial charge is 0.257 e. The van der Waals surface area contributed by atoms with Crippen LogP contribution in [0.1, 0.15) is 290 Å². The van der Waals surface area contributed by atoms with Crippen molar-refractivity contribution >= 4 is 150 Å². The van der Waals surface area contributed by atoms with Gasteiger partial charge in [0.05, 0.1) is 79.0 Å². The van der Waals surface area contributed by atoms with E-state index in [1.165, 1.54) is 25.5 Å². The monoisotopic (exact) mass is 1980 g/mol. The van der Waals surface area contributed by atoms with Crippen molar-refractivity contribution in [3.63, 3.8) is 0 Å². The molecule has 3 saturated carbocycles. The first-order valence-electron chi connectivity index (χ1n) is 50.2. The number of hydrogen-bond donors (Lipinski definition) is 7. The van der Waals surface area contributed by atoms with E-state index >= 15 is 0 Å². The zero-order valence-electron chi connectivity index (χ0n) is 82.7. The predicted molar refractivity (Wildman–Crippen MR) is 558 cm³/mol. The lowest BCUT2D eigenvalue weighted by Gasteiger charge is -2.28. The molecule has 33 heteroatoms. The summed E-state index contributed by atoms with van der Waals surface area (Å²) >= 11 is 5.99. The van der Waals surface area contributed by atoms with Crippen LogP contribution in [0.25, 0.3) is 44.1 Å². The van der Waals surface area contributed by atoms with E-state index < -0.39 is 29.5 Å². The second-order valence-corrected chi connectivity index (χ2v) is 38.6. The summed E-state index contributed by atoms with van der Waals surface area (Å²) in [4.78, 5) is 176. The summed E-state index contributed by atoms with van der Waals surface area (Å²) in [6.45, 7) is 12.8. The molecule has 0 radical (unpaired) electrons. The summed E-state index contributed by atoms with van der Waals surface area (Å²) in [6, 6.07) is 58.0. The highest BCUT2D eigenvalue weighted by atomic mass is 35.5. The topological polar surface area (TPSA) is 490 Å². The van der Waals surface area contributed by atoms with Crippen LogP contribution in [0.15, 0.2) is 194 Å². The maximum absolute atomic E-state index is 13.5. The number of pyridine rings is 1. The van der Waals surface area contributed by atoms with Crippen molar-refractivity contribution in [3.05, 3.63) is 266 Å². The summed E-state index contributed by atoms with van der Waals surface area (Å²) < 4.78 is 7.23. The number of halogens is 1. The van der Waals surface area contributed by atoms with Crippen molar-refractivity contribution < 1.29 is 57.5 Å². The summed E-state index contributed by atoms with van der Waals surface area (Å²) in [7, 11) is 0. The number of aromatic nitrogens is 9. The third kappa shape index (κ3) is 26.5. The number of anilines is 4. The molecule has 32 nitrogen and oxygen atoms in total. The van der Waals surface area contributed by atoms with Crippen LogP contribution in [0, 0.1) is 57.7 Å². The SMILES string of the molecule is CC(C(=O)C1CCCCC1)c1ccc2c(c1)nc(NC(=O)c1ccc(Cl)cc1)n2CCCN1CCCC1=O.CC(C(=O)c1cccnc1)c1ccc2c(c1)nc(NC(=O)c1ccc(C#N)cc1)n2CCC(N)=O.CC(C)C(C(=O)C1CCCCC1)c1ccc2c(c1)nc(NC(=O)c1ccc(C#N)cc1)n2CCC(N)=O.CCC(C(=O)C1CCCCC1)c1ccc2c(c1)nc(NC(=O)c1ccc(C#N)cc1)n2CCC(N)=O. The molecule has 10 N–H and O–H groups in total. The van der Waals surface area contributed by atoms with Gasteiger partial charge in [0.2, 0.25) is 47.4 Å². The molecule has 4 atom stereocenters. The molecule has 0 spiro atoms. The number of hydrogen-bond acceptors (Lipinski definition) is 20. The van der Waals surface area contributed by atoms with E-state index in [1.807, 2.05) is 115 Å². The Hall–Kier alpha value is -16.0. The van der Waals surface area contributed by atoms with Crippen molar-refractivity contribution in [1.82, 2.24) is 48.1 Å². The molecule has 4 unspecified atom stereocenters. The van der Waals surface area contributed by atoms with Crippen molar-refractivity contribution in [2.45, 2.75) is 226 Å². The number of amides is 8. The molecule has 8 amide bonds. The zero-order chi connectivity index (χ0) is 104. The quantitative estimate of drug-likeness (QED) is 0.0181. The molecule has 4 aliphatic rings. The molecule has 6 heterocycles. The third-order valence-corrected chi connectivity index (χ3v) is 28.2. The zero-order valence-corrected chi connectivity index (χ0v) is 83.5. The number of nitrogens with zero attached hydrogens (tertiary/aromatic N) is 13. The highest BCUT2D eigenvalue weighted by Gasteiger charge is 2.35. The number of aryl methyl sites for hydroxylation is 4. The van der Waals surface area contributed by atoms with Crippen LogP contribution in [-0.4, -0.2) is 132 Å². The van der Waals surface area contributed by atoms with Gasteiger partial charge in [0, 0.05) is 152 Å². The molecule has 146 heavy (non-hydrogen) atoms. The van der Waals surface area contributed by atoms with Crippen LogP contribution < -0.4 is 38.5 Å². The Labute approximate surface area is 851 Å². The van der Waals surface area contributed by atoms with E-state index in [9.17, 15) is 57.5 Å². The Balaban J connectivity index is 0.000000154. The first-order chi connectivity index (χ1) is 70.5. The van der Waals surface area contributed by atoms with E-state index in [0.717, 1.165) is 141 Å². The van der Waals surface area contributed by atoms with Crippen molar-refractivity contribution in [3.8, 4) is 18.2 Å². The highest BCUT2D eigenvalue weighted by molar-refractivity contribution is 6.30. The Morgan fingerprint density at radius 3 is 1.11 bits per heavy atom. The molecule has 752 valence electrons. The minimum Gasteiger partial charge on any atom is -0.370 e. The largest absolute Gasteiger partial charge is 0.370 e. The fourth-order valence-corrected chi connectivity index (χ4v) is 20.0. The third-order valence-electron chi connectivity index (χ3n) is 27.9. The summed E-state index contributed by atoms with van der Waals surface area (Å²) in [5.41, 5.74) is 28.8. The Morgan fingerprint density at radius 2 is 0.753 bits per heavy atom. The van der Waals surface area contributed by atoms with Crippen LogP contribution in [0.5, 0.6) is 0 Å². The normalized spacial score (nSPS) is 14.7. The molecule has 1 aliphatic heterocycles. The average molecular weight is 1990 g/mol. The second kappa shape index (κ2) is 49.8. The first kappa shape index (κ1) is 106. The number of carbonyl (C=O) groups is 12. The highest BCUT2D eigenvalue weighted by Crippen LogP contribution is 2.40. The number of benzene rings is 8. The number of nitriles is 3. The number of fused-ring (bicyclic) bond motifs is 4. The van der Waals surface area contributed by atoms with Gasteiger partial charge in [0.1, 0.15) is 17.3 Å². The van der Waals surface area contributed by atoms with Crippen molar-refractivity contribution in [2.75, 3.05) is 34.4 Å². The molecule has 17 rings (SSSR count). The predicted octanol–water partition coefficient (Wildman–Crippen LogP) is 19.2. The fourth-order valence-electron chi connectivity index (χ4n) is 19.8. The number of imidazole rings is 4. The Kier molecular flexibility index (Phi) is 36.1. The van der Waals surface area contributed by atoms with Gasteiger partial charge in [-0.1, -0.05) is 128 Å². The summed E-state index contributed by atoms with van der Waals surface area (Å²) in [5, 5.41) is 38.9. The second-order valence-electron chi connectivity index (χ2n) is 38.2. The summed E-state index contributed by atoms with van der Waals surface area (Å²) in [6.07, 6.45) is 22.5. The first-order valence-corrected chi connectivity index (χ1v) is 50.5. The lowest BCUT2D eigenvalue weighted by Crippen LogP contribution is -2.27. The van der Waals surface area contributed by atoms with E-state index in [1.54, 1.807) is 135 Å². The lowest BCUT2D eigenvalue weighted by molar-refractivity contribution is -0.128. The molecule has 3 aliphatic carbocycles.